The lowest BCUT2D eigenvalue weighted by molar-refractivity contribution is 0.0325. The molecule has 190 valence electrons. The van der Waals surface area contributed by atoms with Crippen molar-refractivity contribution in [2.45, 2.75) is 32.5 Å². The third-order valence-corrected chi connectivity index (χ3v) is 6.71. The van der Waals surface area contributed by atoms with E-state index in [4.69, 9.17) is 9.47 Å². The lowest BCUT2D eigenvalue weighted by Crippen LogP contribution is -2.49. The van der Waals surface area contributed by atoms with E-state index in [2.05, 4.69) is 36.0 Å². The van der Waals surface area contributed by atoms with Gasteiger partial charge in [0.15, 0.2) is 0 Å². The van der Waals surface area contributed by atoms with Crippen LogP contribution in [0.4, 0.5) is 0 Å². The third kappa shape index (κ3) is 5.86. The first kappa shape index (κ1) is 25.7. The van der Waals surface area contributed by atoms with Crippen LogP contribution < -0.4 is 9.47 Å². The van der Waals surface area contributed by atoms with Gasteiger partial charge in [0.1, 0.15) is 17.4 Å². The number of ether oxygens (including phenoxy) is 2. The average molecular weight is 490 g/mol. The standard InChI is InChI=1S/C29H35N3O4/c1-20-16-32(21(2)19-33)29(34)26-14-24(23-11-8-12-25(13-23)35-4)15-30-28(26)36-27(20)18-31(3)17-22-9-6-5-7-10-22/h5-15,20-21,27,33H,16-19H2,1-4H3/t20-,21-,27+/m0/s1. The van der Waals surface area contributed by atoms with Crippen LogP contribution in [0, 0.1) is 5.92 Å². The largest absolute Gasteiger partial charge is 0.497 e. The number of methoxy groups -OCH3 is 1. The van der Waals surface area contributed by atoms with Gasteiger partial charge in [0, 0.05) is 37.3 Å². The Morgan fingerprint density at radius 2 is 1.94 bits per heavy atom. The molecule has 3 aromatic rings. The van der Waals surface area contributed by atoms with Crippen molar-refractivity contribution in [1.82, 2.24) is 14.8 Å². The second-order valence-electron chi connectivity index (χ2n) is 9.61. The molecule has 1 N–H and O–H groups in total. The zero-order valence-corrected chi connectivity index (χ0v) is 21.4. The van der Waals surface area contributed by atoms with Crippen LogP contribution in [0.1, 0.15) is 29.8 Å². The number of aliphatic hydroxyl groups is 1. The number of likely N-dealkylation sites (N-methyl/N-ethyl adjacent to an activating group) is 1. The van der Waals surface area contributed by atoms with Crippen LogP contribution in [0.5, 0.6) is 11.6 Å². The van der Waals surface area contributed by atoms with Gasteiger partial charge in [0.25, 0.3) is 5.91 Å². The molecule has 2 heterocycles. The lowest BCUT2D eigenvalue weighted by Gasteiger charge is -2.37. The molecule has 36 heavy (non-hydrogen) atoms. The summed E-state index contributed by atoms with van der Waals surface area (Å²) in [5.74, 6) is 0.903. The highest BCUT2D eigenvalue weighted by molar-refractivity contribution is 5.98. The molecule has 0 radical (unpaired) electrons. The van der Waals surface area contributed by atoms with Gasteiger partial charge in [-0.2, -0.15) is 0 Å². The molecule has 3 atom stereocenters. The number of nitrogens with zero attached hydrogens (tertiary/aromatic N) is 3. The SMILES string of the molecule is COc1cccc(-c2cnc3c(c2)C(=O)N([C@@H](C)CO)C[C@H](C)[C@@H](CN(C)Cc2ccccc2)O3)c1. The fourth-order valence-electron chi connectivity index (χ4n) is 4.55. The Balaban J connectivity index is 1.66. The maximum atomic E-state index is 13.7. The lowest BCUT2D eigenvalue weighted by atomic mass is 9.99. The average Bonchev–Trinajstić information content (AvgIpc) is 2.90. The molecule has 4 rings (SSSR count). The number of pyridine rings is 1. The number of rotatable bonds is 8. The number of hydrogen-bond donors (Lipinski definition) is 1. The number of carbonyl (C=O) groups is 1. The fourth-order valence-corrected chi connectivity index (χ4v) is 4.55. The summed E-state index contributed by atoms with van der Waals surface area (Å²) in [4.78, 5) is 22.2. The van der Waals surface area contributed by atoms with E-state index in [1.54, 1.807) is 18.2 Å². The Morgan fingerprint density at radius 1 is 1.17 bits per heavy atom. The number of amides is 1. The zero-order chi connectivity index (χ0) is 25.7. The number of carbonyl (C=O) groups excluding carboxylic acids is 1. The first-order chi connectivity index (χ1) is 17.4. The smallest absolute Gasteiger partial charge is 0.259 e. The minimum atomic E-state index is -0.325. The van der Waals surface area contributed by atoms with E-state index in [1.165, 1.54) is 5.56 Å². The highest BCUT2D eigenvalue weighted by Gasteiger charge is 2.34. The quantitative estimate of drug-likeness (QED) is 0.513. The van der Waals surface area contributed by atoms with Gasteiger partial charge in [-0.3, -0.25) is 9.69 Å². The van der Waals surface area contributed by atoms with E-state index in [1.807, 2.05) is 55.5 Å². The topological polar surface area (TPSA) is 75.1 Å². The highest BCUT2D eigenvalue weighted by atomic mass is 16.5. The molecule has 2 aromatic carbocycles. The predicted octanol–water partition coefficient (Wildman–Crippen LogP) is 4.11. The zero-order valence-electron chi connectivity index (χ0n) is 21.4. The minimum Gasteiger partial charge on any atom is -0.497 e. The molecular weight excluding hydrogens is 454 g/mol. The van der Waals surface area contributed by atoms with Crippen LogP contribution in [0.2, 0.25) is 0 Å². The number of hydrogen-bond acceptors (Lipinski definition) is 6. The van der Waals surface area contributed by atoms with Crippen molar-refractivity contribution in [3.05, 3.63) is 78.0 Å². The summed E-state index contributed by atoms with van der Waals surface area (Å²) in [5.41, 5.74) is 3.32. The molecule has 1 amide bonds. The molecule has 0 fully saturated rings. The Bertz CT molecular complexity index is 1170. The van der Waals surface area contributed by atoms with Crippen LogP contribution in [0.15, 0.2) is 66.9 Å². The normalized spacial score (nSPS) is 18.7. The first-order valence-corrected chi connectivity index (χ1v) is 12.3. The van der Waals surface area contributed by atoms with Crippen molar-refractivity contribution in [1.29, 1.82) is 0 Å². The molecule has 0 unspecified atom stereocenters. The molecule has 7 nitrogen and oxygen atoms in total. The molecule has 1 aliphatic rings. The van der Waals surface area contributed by atoms with Crippen molar-refractivity contribution in [3.63, 3.8) is 0 Å². The first-order valence-electron chi connectivity index (χ1n) is 12.3. The summed E-state index contributed by atoms with van der Waals surface area (Å²) < 4.78 is 11.8. The summed E-state index contributed by atoms with van der Waals surface area (Å²) in [6.07, 6.45) is 1.55. The van der Waals surface area contributed by atoms with Crippen molar-refractivity contribution in [2.24, 2.45) is 5.92 Å². The molecule has 0 spiro atoms. The number of benzene rings is 2. The molecule has 0 saturated carbocycles. The minimum absolute atomic E-state index is 0.0363. The van der Waals surface area contributed by atoms with Gasteiger partial charge in [-0.15, -0.1) is 0 Å². The molecule has 7 heteroatoms. The van der Waals surface area contributed by atoms with E-state index in [-0.39, 0.29) is 30.6 Å². The van der Waals surface area contributed by atoms with Gasteiger partial charge < -0.3 is 19.5 Å². The maximum absolute atomic E-state index is 13.7. The van der Waals surface area contributed by atoms with Crippen LogP contribution >= 0.6 is 0 Å². The second-order valence-corrected chi connectivity index (χ2v) is 9.61. The van der Waals surface area contributed by atoms with Gasteiger partial charge >= 0.3 is 0 Å². The monoisotopic (exact) mass is 489 g/mol. The molecule has 0 saturated heterocycles. The van der Waals surface area contributed by atoms with Crippen LogP contribution in [0.25, 0.3) is 11.1 Å². The number of fused-ring (bicyclic) bond motifs is 1. The maximum Gasteiger partial charge on any atom is 0.259 e. The summed E-state index contributed by atoms with van der Waals surface area (Å²) in [7, 11) is 3.70. The summed E-state index contributed by atoms with van der Waals surface area (Å²) >= 11 is 0. The van der Waals surface area contributed by atoms with Gasteiger partial charge in [0.2, 0.25) is 5.88 Å². The van der Waals surface area contributed by atoms with E-state index >= 15 is 0 Å². The predicted molar refractivity (Wildman–Crippen MR) is 140 cm³/mol. The van der Waals surface area contributed by atoms with E-state index in [0.29, 0.717) is 24.5 Å². The van der Waals surface area contributed by atoms with Crippen LogP contribution in [-0.2, 0) is 6.54 Å². The van der Waals surface area contributed by atoms with Gasteiger partial charge in [0.05, 0.1) is 19.8 Å². The fraction of sp³-hybridized carbons (Fsp3) is 0.379. The molecule has 0 aliphatic carbocycles. The highest BCUT2D eigenvalue weighted by Crippen LogP contribution is 2.31. The summed E-state index contributed by atoms with van der Waals surface area (Å²) in [6.45, 7) is 5.77. The van der Waals surface area contributed by atoms with E-state index in [0.717, 1.165) is 23.4 Å². The van der Waals surface area contributed by atoms with Crippen molar-refractivity contribution in [3.8, 4) is 22.8 Å². The van der Waals surface area contributed by atoms with Crippen molar-refractivity contribution in [2.75, 3.05) is 33.9 Å². The second kappa shape index (κ2) is 11.5. The van der Waals surface area contributed by atoms with Gasteiger partial charge in [-0.25, -0.2) is 4.98 Å². The van der Waals surface area contributed by atoms with Crippen molar-refractivity contribution < 1.29 is 19.4 Å². The number of aromatic nitrogens is 1. The van der Waals surface area contributed by atoms with E-state index in [9.17, 15) is 9.90 Å². The molecule has 1 aliphatic heterocycles. The Labute approximate surface area is 213 Å². The van der Waals surface area contributed by atoms with Gasteiger partial charge in [-0.05, 0) is 43.3 Å². The molecule has 0 bridgehead atoms. The van der Waals surface area contributed by atoms with Crippen molar-refractivity contribution >= 4 is 5.91 Å². The van der Waals surface area contributed by atoms with Gasteiger partial charge in [-0.1, -0.05) is 49.4 Å². The molecular formula is C29H35N3O4. The van der Waals surface area contributed by atoms with E-state index < -0.39 is 0 Å². The Kier molecular flexibility index (Phi) is 8.23. The van der Waals surface area contributed by atoms with Crippen LogP contribution in [0.3, 0.4) is 0 Å². The summed E-state index contributed by atoms with van der Waals surface area (Å²) in [6, 6.07) is 19.5. The van der Waals surface area contributed by atoms with Crippen LogP contribution in [-0.4, -0.2) is 71.8 Å². The molecule has 1 aromatic heterocycles. The third-order valence-electron chi connectivity index (χ3n) is 6.71. The summed E-state index contributed by atoms with van der Waals surface area (Å²) in [5, 5.41) is 9.90. The number of aliphatic hydroxyl groups excluding tert-OH is 1. The Hall–Kier alpha value is -3.42. The Morgan fingerprint density at radius 3 is 2.67 bits per heavy atom.